The molecule has 0 unspecified atom stereocenters. The lowest BCUT2D eigenvalue weighted by molar-refractivity contribution is -0.135. The van der Waals surface area contributed by atoms with Crippen LogP contribution in [-0.4, -0.2) is 63.6 Å². The molecule has 2 N–H and O–H groups in total. The van der Waals surface area contributed by atoms with E-state index in [9.17, 15) is 17.6 Å². The Labute approximate surface area is 240 Å². The number of halogens is 3. The molecule has 1 saturated heterocycles. The number of carbonyl (C=O) groups is 1. The van der Waals surface area contributed by atoms with Crippen LogP contribution in [0.4, 0.5) is 9.52 Å². The lowest BCUT2D eigenvalue weighted by Gasteiger charge is -2.26. The molecule has 0 bridgehead atoms. The van der Waals surface area contributed by atoms with E-state index in [1.54, 1.807) is 23.6 Å². The highest BCUT2D eigenvalue weighted by Gasteiger charge is 2.23. The van der Waals surface area contributed by atoms with Crippen LogP contribution in [-0.2, 0) is 26.0 Å². The Balaban J connectivity index is 1.34. The molecule has 39 heavy (non-hydrogen) atoms. The van der Waals surface area contributed by atoms with Gasteiger partial charge in [0.05, 0.1) is 18.2 Å². The highest BCUT2D eigenvalue weighted by molar-refractivity contribution is 7.93. The number of ether oxygens (including phenoxy) is 2. The molecular weight excluding hydrogens is 590 g/mol. The molecule has 210 valence electrons. The van der Waals surface area contributed by atoms with Crippen molar-refractivity contribution in [2.75, 3.05) is 44.1 Å². The van der Waals surface area contributed by atoms with E-state index in [1.807, 2.05) is 4.90 Å². The maximum absolute atomic E-state index is 14.9. The van der Waals surface area contributed by atoms with E-state index in [0.29, 0.717) is 63.0 Å². The molecule has 1 amide bonds. The van der Waals surface area contributed by atoms with E-state index in [-0.39, 0.29) is 21.8 Å². The summed E-state index contributed by atoms with van der Waals surface area (Å²) in [6.07, 6.45) is 3.16. The Kier molecular flexibility index (Phi) is 10.4. The van der Waals surface area contributed by atoms with Crippen LogP contribution in [0.25, 0.3) is 0 Å². The molecule has 1 aliphatic rings. The van der Waals surface area contributed by atoms with Crippen molar-refractivity contribution >= 4 is 55.6 Å². The zero-order valence-corrected chi connectivity index (χ0v) is 23.9. The number of thiazole rings is 1. The molecule has 1 aromatic heterocycles. The van der Waals surface area contributed by atoms with Crippen molar-refractivity contribution in [1.29, 1.82) is 0 Å². The number of aryl methyl sites for hydroxylation is 1. The van der Waals surface area contributed by atoms with Gasteiger partial charge in [-0.15, -0.1) is 11.3 Å². The summed E-state index contributed by atoms with van der Waals surface area (Å²) in [5, 5.41) is 5.39. The molecule has 14 heteroatoms. The van der Waals surface area contributed by atoms with E-state index in [2.05, 4.69) is 15.0 Å². The van der Waals surface area contributed by atoms with Crippen molar-refractivity contribution in [1.82, 2.24) is 15.2 Å². The number of hydrogen-bond donors (Lipinski definition) is 2. The number of nitrogens with one attached hydrogen (secondary N) is 2. The number of anilines is 1. The van der Waals surface area contributed by atoms with Gasteiger partial charge in [0, 0.05) is 48.7 Å². The van der Waals surface area contributed by atoms with Gasteiger partial charge in [-0.3, -0.25) is 9.52 Å². The highest BCUT2D eigenvalue weighted by Crippen LogP contribution is 2.36. The van der Waals surface area contributed by atoms with Crippen LogP contribution >= 0.6 is 34.5 Å². The second-order valence-corrected chi connectivity index (χ2v) is 12.0. The number of rotatable bonds is 12. The molecule has 3 aromatic rings. The quantitative estimate of drug-likeness (QED) is 0.277. The molecule has 1 aliphatic heterocycles. The van der Waals surface area contributed by atoms with E-state index >= 15 is 0 Å². The second kappa shape index (κ2) is 13.7. The summed E-state index contributed by atoms with van der Waals surface area (Å²) in [4.78, 5) is 17.3. The van der Waals surface area contributed by atoms with E-state index in [0.717, 1.165) is 35.5 Å². The van der Waals surface area contributed by atoms with Gasteiger partial charge < -0.3 is 19.7 Å². The van der Waals surface area contributed by atoms with Crippen molar-refractivity contribution in [3.8, 4) is 11.5 Å². The standard InChI is InChI=1S/C25H27Cl2FN4O5S2/c26-18-3-4-21(17(14-18)2-1-6-29-7-5-24(33)32-9-11-36-12-10-32)37-22-16-20(28)23(15-19(22)27)39(34,35)31-25-30-8-13-38-25/h3-4,8,13-16,29H,1-2,5-7,9-12H2,(H,30,31). The molecule has 0 aliphatic carbocycles. The van der Waals surface area contributed by atoms with Crippen molar-refractivity contribution in [2.24, 2.45) is 0 Å². The minimum absolute atomic E-state index is 0.0364. The van der Waals surface area contributed by atoms with E-state index < -0.39 is 20.7 Å². The average Bonchev–Trinajstić information content (AvgIpc) is 3.42. The van der Waals surface area contributed by atoms with Crippen LogP contribution < -0.4 is 14.8 Å². The Bertz CT molecular complexity index is 1390. The number of benzene rings is 2. The van der Waals surface area contributed by atoms with Crippen LogP contribution in [0, 0.1) is 5.82 Å². The van der Waals surface area contributed by atoms with Crippen LogP contribution in [0.3, 0.4) is 0 Å². The largest absolute Gasteiger partial charge is 0.455 e. The zero-order chi connectivity index (χ0) is 27.8. The topological polar surface area (TPSA) is 110 Å². The number of hydrogen-bond acceptors (Lipinski definition) is 8. The summed E-state index contributed by atoms with van der Waals surface area (Å²) in [5.74, 6) is -0.534. The van der Waals surface area contributed by atoms with Gasteiger partial charge in [0.2, 0.25) is 5.91 Å². The maximum atomic E-state index is 14.9. The fourth-order valence-corrected chi connectivity index (χ4v) is 6.23. The Morgan fingerprint density at radius 1 is 1.15 bits per heavy atom. The van der Waals surface area contributed by atoms with Gasteiger partial charge in [0.1, 0.15) is 22.2 Å². The maximum Gasteiger partial charge on any atom is 0.266 e. The molecule has 4 rings (SSSR count). The molecule has 0 spiro atoms. The van der Waals surface area contributed by atoms with Gasteiger partial charge in [-0.25, -0.2) is 17.8 Å². The predicted octanol–water partition coefficient (Wildman–Crippen LogP) is 4.95. The number of carbonyl (C=O) groups excluding carboxylic acids is 1. The number of morpholine rings is 1. The molecule has 2 heterocycles. The fraction of sp³-hybridized carbons (Fsp3) is 0.360. The summed E-state index contributed by atoms with van der Waals surface area (Å²) < 4.78 is 53.5. The Hall–Kier alpha value is -2.48. The number of aromatic nitrogens is 1. The zero-order valence-electron chi connectivity index (χ0n) is 20.8. The van der Waals surface area contributed by atoms with Crippen LogP contribution in [0.1, 0.15) is 18.4 Å². The van der Waals surface area contributed by atoms with Gasteiger partial charge >= 0.3 is 0 Å². The first-order chi connectivity index (χ1) is 18.7. The minimum atomic E-state index is -4.24. The van der Waals surface area contributed by atoms with Gasteiger partial charge in [-0.05, 0) is 49.2 Å². The van der Waals surface area contributed by atoms with Crippen molar-refractivity contribution in [2.45, 2.75) is 24.2 Å². The molecule has 0 atom stereocenters. The lowest BCUT2D eigenvalue weighted by atomic mass is 10.1. The van der Waals surface area contributed by atoms with Crippen molar-refractivity contribution < 1.29 is 27.1 Å². The molecule has 0 radical (unpaired) electrons. The van der Waals surface area contributed by atoms with E-state index in [4.69, 9.17) is 32.7 Å². The first-order valence-electron chi connectivity index (χ1n) is 12.2. The van der Waals surface area contributed by atoms with Crippen LogP contribution in [0.2, 0.25) is 10.0 Å². The first kappa shape index (κ1) is 29.5. The third-order valence-corrected chi connectivity index (χ3v) is 8.55. The number of nitrogens with zero attached hydrogens (tertiary/aromatic N) is 2. The second-order valence-electron chi connectivity index (χ2n) is 8.61. The number of sulfonamides is 1. The highest BCUT2D eigenvalue weighted by atomic mass is 35.5. The third kappa shape index (κ3) is 8.26. The Morgan fingerprint density at radius 2 is 1.95 bits per heavy atom. The SMILES string of the molecule is O=C(CCNCCCc1cc(Cl)ccc1Oc1cc(F)c(S(=O)(=O)Nc2nccs2)cc1Cl)N1CCOCC1. The van der Waals surface area contributed by atoms with Crippen LogP contribution in [0.15, 0.2) is 46.8 Å². The van der Waals surface area contributed by atoms with Gasteiger partial charge in [0.15, 0.2) is 5.13 Å². The summed E-state index contributed by atoms with van der Waals surface area (Å²) in [6, 6.07) is 6.97. The monoisotopic (exact) mass is 616 g/mol. The molecule has 0 saturated carbocycles. The van der Waals surface area contributed by atoms with Crippen molar-refractivity contribution in [3.05, 3.63) is 63.3 Å². The molecule has 2 aromatic carbocycles. The lowest BCUT2D eigenvalue weighted by Crippen LogP contribution is -2.41. The smallest absolute Gasteiger partial charge is 0.266 e. The van der Waals surface area contributed by atoms with Crippen molar-refractivity contribution in [3.63, 3.8) is 0 Å². The van der Waals surface area contributed by atoms with Gasteiger partial charge in [0.25, 0.3) is 10.0 Å². The average molecular weight is 618 g/mol. The summed E-state index contributed by atoms with van der Waals surface area (Å²) >= 11 is 13.5. The molecule has 1 fully saturated rings. The molecular formula is C25H27Cl2FN4O5S2. The molecule has 9 nitrogen and oxygen atoms in total. The third-order valence-electron chi connectivity index (χ3n) is 5.85. The first-order valence-corrected chi connectivity index (χ1v) is 15.3. The summed E-state index contributed by atoms with van der Waals surface area (Å²) in [5.41, 5.74) is 0.771. The Morgan fingerprint density at radius 3 is 2.69 bits per heavy atom. The predicted molar refractivity (Wildman–Crippen MR) is 149 cm³/mol. The summed E-state index contributed by atoms with van der Waals surface area (Å²) in [7, 11) is -4.24. The van der Waals surface area contributed by atoms with E-state index in [1.165, 1.54) is 6.20 Å². The van der Waals surface area contributed by atoms with Gasteiger partial charge in [-0.2, -0.15) is 0 Å². The van der Waals surface area contributed by atoms with Gasteiger partial charge in [-0.1, -0.05) is 23.2 Å². The fourth-order valence-electron chi connectivity index (χ4n) is 3.89. The minimum Gasteiger partial charge on any atom is -0.455 e. The number of amides is 1. The normalized spacial score (nSPS) is 13.9. The summed E-state index contributed by atoms with van der Waals surface area (Å²) in [6.45, 7) is 3.65. The van der Waals surface area contributed by atoms with Crippen LogP contribution in [0.5, 0.6) is 11.5 Å².